The number of sulfone groups is 1. The fourth-order valence-corrected chi connectivity index (χ4v) is 9.49. The second-order valence-electron chi connectivity index (χ2n) is 7.25. The lowest BCUT2D eigenvalue weighted by Crippen LogP contribution is -2.49. The lowest BCUT2D eigenvalue weighted by Gasteiger charge is -2.37. The maximum Gasteiger partial charge on any atom is 0.253 e. The predicted molar refractivity (Wildman–Crippen MR) is 106 cm³/mol. The third-order valence-corrected chi connectivity index (χ3v) is 11.5. The third-order valence-electron chi connectivity index (χ3n) is 5.65. The lowest BCUT2D eigenvalue weighted by molar-refractivity contribution is 0.249. The van der Waals surface area contributed by atoms with Gasteiger partial charge in [-0.15, -0.1) is 11.3 Å². The van der Waals surface area contributed by atoms with Gasteiger partial charge in [-0.2, -0.15) is 4.31 Å². The van der Waals surface area contributed by atoms with Gasteiger partial charge >= 0.3 is 0 Å². The van der Waals surface area contributed by atoms with E-state index in [9.17, 15) is 16.8 Å². The molecule has 2 bridgehead atoms. The van der Waals surface area contributed by atoms with Gasteiger partial charge in [-0.25, -0.2) is 16.8 Å². The van der Waals surface area contributed by atoms with Gasteiger partial charge in [-0.05, 0) is 56.4 Å². The Morgan fingerprint density at radius 2 is 1.59 bits per heavy atom. The minimum Gasteiger partial charge on any atom is -0.223 e. The highest BCUT2D eigenvalue weighted by atomic mass is 32.2. The van der Waals surface area contributed by atoms with Gasteiger partial charge in [0.1, 0.15) is 4.21 Å². The van der Waals surface area contributed by atoms with Crippen LogP contribution in [0.4, 0.5) is 0 Å². The van der Waals surface area contributed by atoms with Crippen molar-refractivity contribution in [3.05, 3.63) is 47.3 Å². The smallest absolute Gasteiger partial charge is 0.223 e. The van der Waals surface area contributed by atoms with Crippen LogP contribution in [0.25, 0.3) is 0 Å². The Kier molecular flexibility index (Phi) is 4.95. The molecule has 1 aromatic heterocycles. The predicted octanol–water partition coefficient (Wildman–Crippen LogP) is 3.47. The van der Waals surface area contributed by atoms with Crippen LogP contribution in [-0.4, -0.2) is 38.5 Å². The summed E-state index contributed by atoms with van der Waals surface area (Å²) in [5.74, 6) is 0. The van der Waals surface area contributed by atoms with Gasteiger partial charge in [0.15, 0.2) is 9.84 Å². The van der Waals surface area contributed by atoms with Crippen LogP contribution < -0.4 is 0 Å². The zero-order valence-corrected chi connectivity index (χ0v) is 17.6. The Morgan fingerprint density at radius 3 is 2.15 bits per heavy atom. The van der Waals surface area contributed by atoms with Gasteiger partial charge < -0.3 is 0 Å². The molecular formula is C19H23NO4S3. The Balaban J connectivity index is 1.61. The first kappa shape index (κ1) is 19.1. The van der Waals surface area contributed by atoms with Gasteiger partial charge in [0.05, 0.1) is 10.1 Å². The molecule has 5 nitrogen and oxygen atoms in total. The maximum atomic E-state index is 13.2. The molecular weight excluding hydrogens is 402 g/mol. The number of benzene rings is 1. The SMILES string of the molecule is CCc1ccc(S(=O)(=O)N2C3CCC2CC(S(=O)(=O)c2ccccc2)C3)s1. The summed E-state index contributed by atoms with van der Waals surface area (Å²) >= 11 is 1.32. The number of piperidine rings is 1. The van der Waals surface area contributed by atoms with Crippen molar-refractivity contribution in [3.63, 3.8) is 0 Å². The van der Waals surface area contributed by atoms with Gasteiger partial charge in [-0.3, -0.25) is 0 Å². The number of hydrogen-bond donors (Lipinski definition) is 0. The molecule has 2 aromatic rings. The highest BCUT2D eigenvalue weighted by Crippen LogP contribution is 2.43. The molecule has 0 amide bonds. The topological polar surface area (TPSA) is 71.5 Å². The van der Waals surface area contributed by atoms with Gasteiger partial charge in [-0.1, -0.05) is 25.1 Å². The Morgan fingerprint density at radius 1 is 0.963 bits per heavy atom. The largest absolute Gasteiger partial charge is 0.253 e. The van der Waals surface area contributed by atoms with Crippen molar-refractivity contribution in [2.24, 2.45) is 0 Å². The molecule has 0 radical (unpaired) electrons. The van der Waals surface area contributed by atoms with E-state index in [2.05, 4.69) is 0 Å². The first-order valence-corrected chi connectivity index (χ1v) is 13.1. The lowest BCUT2D eigenvalue weighted by atomic mass is 10.1. The van der Waals surface area contributed by atoms with Crippen molar-refractivity contribution in [3.8, 4) is 0 Å². The van der Waals surface area contributed by atoms with E-state index in [4.69, 9.17) is 0 Å². The highest BCUT2D eigenvalue weighted by Gasteiger charge is 2.50. The van der Waals surface area contributed by atoms with Crippen LogP contribution in [-0.2, 0) is 26.3 Å². The summed E-state index contributed by atoms with van der Waals surface area (Å²) in [7, 11) is -7.00. The van der Waals surface area contributed by atoms with Crippen molar-refractivity contribution in [2.45, 2.75) is 65.5 Å². The Labute approximate surface area is 165 Å². The maximum absolute atomic E-state index is 13.2. The standard InChI is InChI=1S/C19H23NO4S3/c1-2-16-10-11-19(25-16)27(23,24)20-14-8-9-15(20)13-18(12-14)26(21,22)17-6-4-3-5-7-17/h3-7,10-11,14-15,18H,2,8-9,12-13H2,1H3. The molecule has 2 unspecified atom stereocenters. The van der Waals surface area contributed by atoms with Crippen molar-refractivity contribution in [1.82, 2.24) is 4.31 Å². The highest BCUT2D eigenvalue weighted by molar-refractivity contribution is 7.92. The van der Waals surface area contributed by atoms with E-state index in [1.54, 1.807) is 40.7 Å². The number of nitrogens with zero attached hydrogens (tertiary/aromatic N) is 1. The van der Waals surface area contributed by atoms with E-state index in [-0.39, 0.29) is 12.1 Å². The Hall–Kier alpha value is -1.22. The molecule has 27 heavy (non-hydrogen) atoms. The minimum atomic E-state index is -3.56. The Bertz CT molecular complexity index is 1010. The molecule has 146 valence electrons. The average molecular weight is 426 g/mol. The number of thiophene rings is 1. The third kappa shape index (κ3) is 3.26. The molecule has 2 aliphatic rings. The van der Waals surface area contributed by atoms with Gasteiger partial charge in [0.25, 0.3) is 10.0 Å². The molecule has 0 saturated carbocycles. The summed E-state index contributed by atoms with van der Waals surface area (Å²) in [5.41, 5.74) is 0. The van der Waals surface area contributed by atoms with Crippen LogP contribution in [0.3, 0.4) is 0 Å². The zero-order chi connectivity index (χ0) is 19.2. The molecule has 8 heteroatoms. The van der Waals surface area contributed by atoms with E-state index in [1.807, 2.05) is 13.0 Å². The van der Waals surface area contributed by atoms with Crippen LogP contribution >= 0.6 is 11.3 Å². The van der Waals surface area contributed by atoms with E-state index < -0.39 is 25.1 Å². The first-order valence-electron chi connectivity index (χ1n) is 9.25. The van der Waals surface area contributed by atoms with Crippen LogP contribution in [0.2, 0.25) is 0 Å². The first-order chi connectivity index (χ1) is 12.8. The second-order valence-corrected chi connectivity index (χ2v) is 12.7. The molecule has 4 rings (SSSR count). The molecule has 2 atom stereocenters. The zero-order valence-electron chi connectivity index (χ0n) is 15.1. The molecule has 3 heterocycles. The molecule has 2 aliphatic heterocycles. The van der Waals surface area contributed by atoms with Gasteiger partial charge in [0.2, 0.25) is 0 Å². The number of rotatable bonds is 5. The second kappa shape index (κ2) is 6.99. The van der Waals surface area contributed by atoms with Crippen LogP contribution in [0.1, 0.15) is 37.5 Å². The molecule has 0 spiro atoms. The van der Waals surface area contributed by atoms with Crippen molar-refractivity contribution in [2.75, 3.05) is 0 Å². The molecule has 2 saturated heterocycles. The molecule has 2 fully saturated rings. The van der Waals surface area contributed by atoms with Crippen LogP contribution in [0, 0.1) is 0 Å². The van der Waals surface area contributed by atoms with Crippen molar-refractivity contribution >= 4 is 31.2 Å². The summed E-state index contributed by atoms with van der Waals surface area (Å²) in [4.78, 5) is 1.37. The van der Waals surface area contributed by atoms with Crippen LogP contribution in [0.15, 0.2) is 51.6 Å². The summed E-state index contributed by atoms with van der Waals surface area (Å²) < 4.78 is 54.4. The average Bonchev–Trinajstić information content (AvgIpc) is 3.26. The fourth-order valence-electron chi connectivity index (χ4n) is 4.32. The van der Waals surface area contributed by atoms with E-state index in [0.29, 0.717) is 21.9 Å². The number of hydrogen-bond acceptors (Lipinski definition) is 5. The summed E-state index contributed by atoms with van der Waals surface area (Å²) in [6.45, 7) is 2.01. The van der Waals surface area contributed by atoms with E-state index in [0.717, 1.165) is 24.1 Å². The van der Waals surface area contributed by atoms with Gasteiger partial charge in [0, 0.05) is 17.0 Å². The van der Waals surface area contributed by atoms with Crippen molar-refractivity contribution < 1.29 is 16.8 Å². The molecule has 1 aromatic carbocycles. The number of aryl methyl sites for hydroxylation is 1. The summed E-state index contributed by atoms with van der Waals surface area (Å²) in [6, 6.07) is 11.6. The number of fused-ring (bicyclic) bond motifs is 2. The summed E-state index contributed by atoms with van der Waals surface area (Å²) in [5, 5.41) is -0.515. The van der Waals surface area contributed by atoms with E-state index in [1.165, 1.54) is 11.3 Å². The molecule has 0 N–H and O–H groups in total. The number of sulfonamides is 1. The van der Waals surface area contributed by atoms with Crippen molar-refractivity contribution in [1.29, 1.82) is 0 Å². The van der Waals surface area contributed by atoms with E-state index >= 15 is 0 Å². The fraction of sp³-hybridized carbons (Fsp3) is 0.474. The van der Waals surface area contributed by atoms with Crippen LogP contribution in [0.5, 0.6) is 0 Å². The normalized spacial score (nSPS) is 26.3. The monoisotopic (exact) mass is 425 g/mol. The quantitative estimate of drug-likeness (QED) is 0.735. The minimum absolute atomic E-state index is 0.232. The summed E-state index contributed by atoms with van der Waals surface area (Å²) in [6.07, 6.45) is 3.02. The molecule has 0 aliphatic carbocycles.